The Balaban J connectivity index is 1.43. The van der Waals surface area contributed by atoms with E-state index in [4.69, 9.17) is 11.6 Å². The lowest BCUT2D eigenvalue weighted by molar-refractivity contribution is -0.134. The van der Waals surface area contributed by atoms with E-state index in [0.29, 0.717) is 17.3 Å². The van der Waals surface area contributed by atoms with Crippen molar-refractivity contribution in [2.24, 2.45) is 0 Å². The summed E-state index contributed by atoms with van der Waals surface area (Å²) in [5, 5.41) is 3.20. The molecule has 0 bridgehead atoms. The highest BCUT2D eigenvalue weighted by Gasteiger charge is 2.22. The highest BCUT2D eigenvalue weighted by atomic mass is 35.5. The van der Waals surface area contributed by atoms with E-state index >= 15 is 0 Å². The van der Waals surface area contributed by atoms with Crippen molar-refractivity contribution in [3.8, 4) is 0 Å². The SMILES string of the molecule is CN(CC(=O)Nc1ccccc1Cl)C(=O)CN1CCN(c2ccccn2)CC1. The molecule has 1 saturated heterocycles. The van der Waals surface area contributed by atoms with Crippen molar-refractivity contribution in [1.82, 2.24) is 14.8 Å². The number of hydrogen-bond donors (Lipinski definition) is 1. The molecule has 2 heterocycles. The average Bonchev–Trinajstić information content (AvgIpc) is 2.71. The number of pyridine rings is 1. The average molecular weight is 402 g/mol. The van der Waals surface area contributed by atoms with Gasteiger partial charge < -0.3 is 15.1 Å². The maximum absolute atomic E-state index is 12.5. The predicted octanol–water partition coefficient (Wildman–Crippen LogP) is 1.95. The van der Waals surface area contributed by atoms with Gasteiger partial charge in [-0.2, -0.15) is 0 Å². The number of likely N-dealkylation sites (N-methyl/N-ethyl adjacent to an activating group) is 1. The molecule has 2 aromatic rings. The zero-order chi connectivity index (χ0) is 19.9. The van der Waals surface area contributed by atoms with Crippen molar-refractivity contribution in [3.63, 3.8) is 0 Å². The summed E-state index contributed by atoms with van der Waals surface area (Å²) < 4.78 is 0. The van der Waals surface area contributed by atoms with Gasteiger partial charge in [-0.05, 0) is 24.3 Å². The summed E-state index contributed by atoms with van der Waals surface area (Å²) in [5.41, 5.74) is 0.542. The molecule has 28 heavy (non-hydrogen) atoms. The first-order valence-corrected chi connectivity index (χ1v) is 9.57. The van der Waals surface area contributed by atoms with Gasteiger partial charge in [-0.25, -0.2) is 4.98 Å². The van der Waals surface area contributed by atoms with Crippen molar-refractivity contribution in [3.05, 3.63) is 53.7 Å². The van der Waals surface area contributed by atoms with Crippen molar-refractivity contribution < 1.29 is 9.59 Å². The molecule has 0 aliphatic carbocycles. The van der Waals surface area contributed by atoms with E-state index in [2.05, 4.69) is 20.1 Å². The van der Waals surface area contributed by atoms with Gasteiger partial charge in [0.15, 0.2) is 0 Å². The Hall–Kier alpha value is -2.64. The number of carbonyl (C=O) groups is 2. The Labute approximate surface area is 169 Å². The number of benzene rings is 1. The molecule has 1 N–H and O–H groups in total. The van der Waals surface area contributed by atoms with Gasteiger partial charge in [-0.3, -0.25) is 14.5 Å². The number of amides is 2. The van der Waals surface area contributed by atoms with Gasteiger partial charge >= 0.3 is 0 Å². The molecule has 1 aromatic heterocycles. The lowest BCUT2D eigenvalue weighted by atomic mass is 10.3. The lowest BCUT2D eigenvalue weighted by Crippen LogP contribution is -2.50. The number of hydrogen-bond acceptors (Lipinski definition) is 5. The Kier molecular flexibility index (Phi) is 6.84. The number of carbonyl (C=O) groups excluding carboxylic acids is 2. The lowest BCUT2D eigenvalue weighted by Gasteiger charge is -2.35. The molecule has 8 heteroatoms. The molecule has 0 radical (unpaired) electrons. The number of anilines is 2. The van der Waals surface area contributed by atoms with Crippen LogP contribution in [0.25, 0.3) is 0 Å². The number of rotatable bonds is 6. The standard InChI is InChI=1S/C20H24ClN5O2/c1-24(14-19(27)23-17-7-3-2-6-16(17)21)20(28)15-25-10-12-26(13-11-25)18-8-4-5-9-22-18/h2-9H,10-15H2,1H3,(H,23,27). The molecular weight excluding hydrogens is 378 g/mol. The van der Waals surface area contributed by atoms with E-state index in [1.165, 1.54) is 4.90 Å². The zero-order valence-electron chi connectivity index (χ0n) is 15.8. The van der Waals surface area contributed by atoms with E-state index in [9.17, 15) is 9.59 Å². The summed E-state index contributed by atoms with van der Waals surface area (Å²) in [6.45, 7) is 3.48. The zero-order valence-corrected chi connectivity index (χ0v) is 16.6. The van der Waals surface area contributed by atoms with E-state index in [1.54, 1.807) is 37.5 Å². The second-order valence-corrected chi connectivity index (χ2v) is 7.14. The number of aromatic nitrogens is 1. The van der Waals surface area contributed by atoms with Gasteiger partial charge in [0.05, 0.1) is 23.8 Å². The number of halogens is 1. The Morgan fingerprint density at radius 2 is 1.82 bits per heavy atom. The third kappa shape index (κ3) is 5.43. The molecule has 0 atom stereocenters. The van der Waals surface area contributed by atoms with Gasteiger partial charge in [0.2, 0.25) is 11.8 Å². The van der Waals surface area contributed by atoms with Crippen LogP contribution < -0.4 is 10.2 Å². The molecule has 3 rings (SSSR count). The minimum Gasteiger partial charge on any atom is -0.354 e. The Bertz CT molecular complexity index is 809. The van der Waals surface area contributed by atoms with Gasteiger partial charge in [-0.15, -0.1) is 0 Å². The number of piperazine rings is 1. The van der Waals surface area contributed by atoms with Gasteiger partial charge in [0.1, 0.15) is 5.82 Å². The molecule has 1 aliphatic rings. The topological polar surface area (TPSA) is 68.8 Å². The largest absolute Gasteiger partial charge is 0.354 e. The first-order chi connectivity index (χ1) is 13.5. The number of nitrogens with one attached hydrogen (secondary N) is 1. The van der Waals surface area contributed by atoms with Crippen molar-refractivity contribution in [1.29, 1.82) is 0 Å². The molecule has 0 spiro atoms. The molecule has 2 amide bonds. The predicted molar refractivity (Wildman–Crippen MR) is 111 cm³/mol. The van der Waals surface area contributed by atoms with Crippen LogP contribution in [0.3, 0.4) is 0 Å². The summed E-state index contributed by atoms with van der Waals surface area (Å²) >= 11 is 6.04. The molecule has 0 saturated carbocycles. The maximum atomic E-state index is 12.5. The van der Waals surface area contributed by atoms with Crippen molar-refractivity contribution >= 4 is 34.9 Å². The van der Waals surface area contributed by atoms with Crippen LogP contribution in [0, 0.1) is 0 Å². The molecule has 1 aromatic carbocycles. The van der Waals surface area contributed by atoms with Crippen molar-refractivity contribution in [2.75, 3.05) is 56.5 Å². The molecule has 0 unspecified atom stereocenters. The second kappa shape index (κ2) is 9.52. The maximum Gasteiger partial charge on any atom is 0.244 e. The fraction of sp³-hybridized carbons (Fsp3) is 0.350. The minimum atomic E-state index is -0.274. The molecule has 7 nitrogen and oxygen atoms in total. The smallest absolute Gasteiger partial charge is 0.244 e. The highest BCUT2D eigenvalue weighted by molar-refractivity contribution is 6.33. The Morgan fingerprint density at radius 3 is 2.50 bits per heavy atom. The third-order valence-electron chi connectivity index (χ3n) is 4.66. The van der Waals surface area contributed by atoms with Crippen LogP contribution in [0.5, 0.6) is 0 Å². The van der Waals surface area contributed by atoms with Crippen LogP contribution in [-0.2, 0) is 9.59 Å². The summed E-state index contributed by atoms with van der Waals surface area (Å²) in [5.74, 6) is 0.603. The van der Waals surface area contributed by atoms with Crippen LogP contribution in [-0.4, -0.2) is 72.9 Å². The molecule has 1 fully saturated rings. The normalized spacial score (nSPS) is 14.6. The number of nitrogens with zero attached hydrogens (tertiary/aromatic N) is 4. The van der Waals surface area contributed by atoms with Crippen LogP contribution in [0.4, 0.5) is 11.5 Å². The van der Waals surface area contributed by atoms with Gasteiger partial charge in [0.25, 0.3) is 0 Å². The van der Waals surface area contributed by atoms with Crippen molar-refractivity contribution in [2.45, 2.75) is 0 Å². The van der Waals surface area contributed by atoms with Crippen LogP contribution in [0.2, 0.25) is 5.02 Å². The summed E-state index contributed by atoms with van der Waals surface area (Å²) in [7, 11) is 1.64. The highest BCUT2D eigenvalue weighted by Crippen LogP contribution is 2.20. The number of para-hydroxylation sites is 1. The summed E-state index contributed by atoms with van der Waals surface area (Å²) in [6, 6.07) is 12.9. The minimum absolute atomic E-state index is 0.0159. The van der Waals surface area contributed by atoms with E-state index in [-0.39, 0.29) is 18.4 Å². The molecule has 148 valence electrons. The van der Waals surface area contributed by atoms with Gasteiger partial charge in [-0.1, -0.05) is 29.8 Å². The second-order valence-electron chi connectivity index (χ2n) is 6.73. The van der Waals surface area contributed by atoms with E-state index < -0.39 is 0 Å². The Morgan fingerprint density at radius 1 is 1.11 bits per heavy atom. The van der Waals surface area contributed by atoms with Crippen LogP contribution >= 0.6 is 11.6 Å². The van der Waals surface area contributed by atoms with Gasteiger partial charge in [0, 0.05) is 39.4 Å². The fourth-order valence-corrected chi connectivity index (χ4v) is 3.23. The van der Waals surface area contributed by atoms with Crippen LogP contribution in [0.15, 0.2) is 48.7 Å². The first-order valence-electron chi connectivity index (χ1n) is 9.19. The summed E-state index contributed by atoms with van der Waals surface area (Å²) in [6.07, 6.45) is 1.79. The summed E-state index contributed by atoms with van der Waals surface area (Å²) in [4.78, 5) is 34.8. The van der Waals surface area contributed by atoms with Crippen LogP contribution in [0.1, 0.15) is 0 Å². The third-order valence-corrected chi connectivity index (χ3v) is 4.99. The van der Waals surface area contributed by atoms with E-state index in [0.717, 1.165) is 32.0 Å². The van der Waals surface area contributed by atoms with E-state index in [1.807, 2.05) is 18.2 Å². The molecular formula is C20H24ClN5O2. The fourth-order valence-electron chi connectivity index (χ4n) is 3.04. The first kappa shape index (κ1) is 20.1. The monoisotopic (exact) mass is 401 g/mol. The molecule has 1 aliphatic heterocycles. The quantitative estimate of drug-likeness (QED) is 0.801.